The average molecular weight is 284 g/mol. The normalized spacial score (nSPS) is 11.6. The number of hydrogen-bond donors (Lipinski definition) is 1. The Morgan fingerprint density at radius 1 is 1.29 bits per heavy atom. The molecular formula is C16H20N4O. The molecule has 0 aliphatic rings. The van der Waals surface area contributed by atoms with E-state index < -0.39 is 0 Å². The molecule has 0 fully saturated rings. The highest BCUT2D eigenvalue weighted by atomic mass is 16.5. The topological polar surface area (TPSA) is 55.9 Å². The number of para-hydroxylation sites is 1. The number of benzene rings is 1. The van der Waals surface area contributed by atoms with Gasteiger partial charge in [0, 0.05) is 29.6 Å². The van der Waals surface area contributed by atoms with Gasteiger partial charge in [-0.05, 0) is 18.7 Å². The van der Waals surface area contributed by atoms with Crippen molar-refractivity contribution < 1.29 is 4.52 Å². The molecule has 0 atom stereocenters. The molecular weight excluding hydrogens is 264 g/mol. The molecule has 5 heteroatoms. The third-order valence-corrected chi connectivity index (χ3v) is 3.53. The molecule has 0 aliphatic carbocycles. The van der Waals surface area contributed by atoms with Gasteiger partial charge in [0.2, 0.25) is 5.89 Å². The molecule has 0 radical (unpaired) electrons. The van der Waals surface area contributed by atoms with Gasteiger partial charge in [0.25, 0.3) is 0 Å². The Balaban J connectivity index is 1.96. The summed E-state index contributed by atoms with van der Waals surface area (Å²) >= 11 is 0. The van der Waals surface area contributed by atoms with Crippen LogP contribution in [0.5, 0.6) is 0 Å². The summed E-state index contributed by atoms with van der Waals surface area (Å²) < 4.78 is 7.46. The van der Waals surface area contributed by atoms with Gasteiger partial charge < -0.3 is 14.4 Å². The van der Waals surface area contributed by atoms with E-state index in [1.807, 2.05) is 20.9 Å². The SMILES string of the molecule is CNCc1cn(Cc2noc(C(C)C)n2)c2ccccc12. The van der Waals surface area contributed by atoms with Crippen LogP contribution in [0, 0.1) is 0 Å². The van der Waals surface area contributed by atoms with Crippen molar-refractivity contribution >= 4 is 10.9 Å². The van der Waals surface area contributed by atoms with Crippen molar-refractivity contribution in [3.63, 3.8) is 0 Å². The standard InChI is InChI=1S/C16H20N4O/c1-11(2)16-18-15(19-21-16)10-20-9-12(8-17-3)13-6-4-5-7-14(13)20/h4-7,9,11,17H,8,10H2,1-3H3. The highest BCUT2D eigenvalue weighted by molar-refractivity contribution is 5.84. The van der Waals surface area contributed by atoms with E-state index in [-0.39, 0.29) is 5.92 Å². The molecule has 1 aromatic carbocycles. The fourth-order valence-electron chi connectivity index (χ4n) is 2.50. The zero-order valence-corrected chi connectivity index (χ0v) is 12.6. The molecule has 0 bridgehead atoms. The van der Waals surface area contributed by atoms with Crippen LogP contribution in [-0.2, 0) is 13.1 Å². The van der Waals surface area contributed by atoms with Crippen LogP contribution in [0.15, 0.2) is 35.0 Å². The number of nitrogens with zero attached hydrogens (tertiary/aromatic N) is 3. The van der Waals surface area contributed by atoms with Crippen molar-refractivity contribution in [1.29, 1.82) is 0 Å². The van der Waals surface area contributed by atoms with Gasteiger partial charge in [0.15, 0.2) is 5.82 Å². The first-order valence-corrected chi connectivity index (χ1v) is 7.23. The Bertz CT molecular complexity index is 742. The average Bonchev–Trinajstić information content (AvgIpc) is 3.07. The Morgan fingerprint density at radius 3 is 2.81 bits per heavy atom. The predicted molar refractivity (Wildman–Crippen MR) is 82.2 cm³/mol. The van der Waals surface area contributed by atoms with Gasteiger partial charge in [-0.25, -0.2) is 0 Å². The lowest BCUT2D eigenvalue weighted by molar-refractivity contribution is 0.360. The van der Waals surface area contributed by atoms with Gasteiger partial charge in [-0.3, -0.25) is 0 Å². The summed E-state index contributed by atoms with van der Waals surface area (Å²) in [5.41, 5.74) is 2.47. The number of aromatic nitrogens is 3. The first-order valence-electron chi connectivity index (χ1n) is 7.23. The minimum atomic E-state index is 0.257. The van der Waals surface area contributed by atoms with Crippen LogP contribution in [0.1, 0.15) is 37.0 Å². The summed E-state index contributed by atoms with van der Waals surface area (Å²) in [6, 6.07) is 8.39. The van der Waals surface area contributed by atoms with E-state index in [2.05, 4.69) is 50.5 Å². The minimum Gasteiger partial charge on any atom is -0.339 e. The largest absolute Gasteiger partial charge is 0.339 e. The molecule has 2 aromatic heterocycles. The van der Waals surface area contributed by atoms with Crippen LogP contribution in [0.25, 0.3) is 10.9 Å². The van der Waals surface area contributed by atoms with Gasteiger partial charge in [-0.2, -0.15) is 4.98 Å². The summed E-state index contributed by atoms with van der Waals surface area (Å²) in [6.07, 6.45) is 2.16. The van der Waals surface area contributed by atoms with Crippen molar-refractivity contribution in [3.8, 4) is 0 Å². The lowest BCUT2D eigenvalue weighted by Crippen LogP contribution is -2.04. The fraction of sp³-hybridized carbons (Fsp3) is 0.375. The predicted octanol–water partition coefficient (Wildman–Crippen LogP) is 2.92. The van der Waals surface area contributed by atoms with E-state index in [1.54, 1.807) is 0 Å². The summed E-state index contributed by atoms with van der Waals surface area (Å²) in [4.78, 5) is 4.45. The maximum atomic E-state index is 5.28. The number of fused-ring (bicyclic) bond motifs is 1. The van der Waals surface area contributed by atoms with Crippen LogP contribution in [-0.4, -0.2) is 21.8 Å². The van der Waals surface area contributed by atoms with Gasteiger partial charge in [-0.1, -0.05) is 37.2 Å². The van der Waals surface area contributed by atoms with E-state index in [4.69, 9.17) is 4.52 Å². The first-order chi connectivity index (χ1) is 10.2. The van der Waals surface area contributed by atoms with Gasteiger partial charge >= 0.3 is 0 Å². The highest BCUT2D eigenvalue weighted by Gasteiger charge is 2.13. The third kappa shape index (κ3) is 2.69. The summed E-state index contributed by atoms with van der Waals surface area (Å²) in [7, 11) is 1.96. The second-order valence-electron chi connectivity index (χ2n) is 5.53. The van der Waals surface area contributed by atoms with Gasteiger partial charge in [-0.15, -0.1) is 0 Å². The van der Waals surface area contributed by atoms with Crippen LogP contribution in [0.4, 0.5) is 0 Å². The van der Waals surface area contributed by atoms with Crippen molar-refractivity contribution in [3.05, 3.63) is 47.7 Å². The van der Waals surface area contributed by atoms with Crippen molar-refractivity contribution in [2.75, 3.05) is 7.05 Å². The van der Waals surface area contributed by atoms with Crippen LogP contribution >= 0.6 is 0 Å². The summed E-state index contributed by atoms with van der Waals surface area (Å²) in [6.45, 7) is 5.57. The van der Waals surface area contributed by atoms with Crippen LogP contribution < -0.4 is 5.32 Å². The molecule has 0 spiro atoms. The lowest BCUT2D eigenvalue weighted by atomic mass is 10.2. The van der Waals surface area contributed by atoms with E-state index in [0.717, 1.165) is 12.4 Å². The fourth-order valence-corrected chi connectivity index (χ4v) is 2.50. The molecule has 0 saturated carbocycles. The molecule has 1 N–H and O–H groups in total. The Hall–Kier alpha value is -2.14. The summed E-state index contributed by atoms with van der Waals surface area (Å²) in [5.74, 6) is 1.67. The molecule has 21 heavy (non-hydrogen) atoms. The van der Waals surface area contributed by atoms with E-state index in [9.17, 15) is 0 Å². The second kappa shape index (κ2) is 5.69. The molecule has 0 aliphatic heterocycles. The monoisotopic (exact) mass is 284 g/mol. The molecule has 3 rings (SSSR count). The van der Waals surface area contributed by atoms with Gasteiger partial charge in [0.1, 0.15) is 0 Å². The zero-order valence-electron chi connectivity index (χ0n) is 12.6. The summed E-state index contributed by atoms with van der Waals surface area (Å²) in [5, 5.41) is 8.54. The molecule has 3 aromatic rings. The van der Waals surface area contributed by atoms with E-state index in [0.29, 0.717) is 12.4 Å². The molecule has 0 amide bonds. The molecule has 2 heterocycles. The first kappa shape index (κ1) is 13.8. The Morgan fingerprint density at radius 2 is 2.10 bits per heavy atom. The van der Waals surface area contributed by atoms with Gasteiger partial charge in [0.05, 0.1) is 6.54 Å². The van der Waals surface area contributed by atoms with Crippen molar-refractivity contribution in [1.82, 2.24) is 20.0 Å². The second-order valence-corrected chi connectivity index (χ2v) is 5.53. The Kier molecular flexibility index (Phi) is 3.75. The maximum absolute atomic E-state index is 5.28. The number of nitrogens with one attached hydrogen (secondary N) is 1. The number of hydrogen-bond acceptors (Lipinski definition) is 4. The van der Waals surface area contributed by atoms with Crippen LogP contribution in [0.2, 0.25) is 0 Å². The number of rotatable bonds is 5. The zero-order chi connectivity index (χ0) is 14.8. The van der Waals surface area contributed by atoms with E-state index >= 15 is 0 Å². The van der Waals surface area contributed by atoms with Crippen molar-refractivity contribution in [2.45, 2.75) is 32.9 Å². The molecule has 110 valence electrons. The van der Waals surface area contributed by atoms with Crippen molar-refractivity contribution in [2.24, 2.45) is 0 Å². The smallest absolute Gasteiger partial charge is 0.229 e. The maximum Gasteiger partial charge on any atom is 0.229 e. The molecule has 5 nitrogen and oxygen atoms in total. The molecule has 0 unspecified atom stereocenters. The third-order valence-electron chi connectivity index (χ3n) is 3.53. The molecule has 0 saturated heterocycles. The Labute approximate surface area is 124 Å². The lowest BCUT2D eigenvalue weighted by Gasteiger charge is -2.00. The highest BCUT2D eigenvalue weighted by Crippen LogP contribution is 2.22. The quantitative estimate of drug-likeness (QED) is 0.782. The van der Waals surface area contributed by atoms with Crippen LogP contribution in [0.3, 0.4) is 0 Å². The minimum absolute atomic E-state index is 0.257. The van der Waals surface area contributed by atoms with E-state index in [1.165, 1.54) is 16.5 Å².